The molecule has 0 aliphatic carbocycles. The zero-order valence-electron chi connectivity index (χ0n) is 12.5. The summed E-state index contributed by atoms with van der Waals surface area (Å²) in [4.78, 5) is 11.9. The molecule has 3 aromatic rings. The Morgan fingerprint density at radius 1 is 0.957 bits per heavy atom. The number of halogens is 1. The maximum absolute atomic E-state index is 12.8. The van der Waals surface area contributed by atoms with Gasteiger partial charge in [-0.05, 0) is 61.4 Å². The van der Waals surface area contributed by atoms with E-state index >= 15 is 0 Å². The summed E-state index contributed by atoms with van der Waals surface area (Å²) in [6.45, 7) is 3.72. The molecule has 0 N–H and O–H groups in total. The summed E-state index contributed by atoms with van der Waals surface area (Å²) in [5.41, 5.74) is 1.31. The van der Waals surface area contributed by atoms with Crippen molar-refractivity contribution in [3.63, 3.8) is 0 Å². The smallest absolute Gasteiger partial charge is 0.355 e. The number of hydrogen-bond donors (Lipinski definition) is 0. The second kappa shape index (κ2) is 5.62. The monoisotopic (exact) mass is 392 g/mol. The lowest BCUT2D eigenvalue weighted by Gasteiger charge is -2.07. The molecule has 0 atom stereocenters. The van der Waals surface area contributed by atoms with Gasteiger partial charge < -0.3 is 4.42 Å². The molecular weight excluding hydrogens is 380 g/mol. The summed E-state index contributed by atoms with van der Waals surface area (Å²) in [5.74, 6) is 0. The molecule has 0 aliphatic heterocycles. The topological polar surface area (TPSA) is 64.3 Å². The van der Waals surface area contributed by atoms with Crippen LogP contribution in [-0.4, -0.2) is 8.42 Å². The Hall–Kier alpha value is -1.92. The van der Waals surface area contributed by atoms with Gasteiger partial charge >= 0.3 is 5.63 Å². The van der Waals surface area contributed by atoms with E-state index in [1.54, 1.807) is 30.3 Å². The predicted molar refractivity (Wildman–Crippen MR) is 91.6 cm³/mol. The molecule has 0 bridgehead atoms. The van der Waals surface area contributed by atoms with Gasteiger partial charge in [-0.15, -0.1) is 0 Å². The SMILES string of the molecule is Cc1ccc(S(=O)(=O)c2cc3cc(Br)ccc3oc2=O)cc1C. The van der Waals surface area contributed by atoms with Crippen molar-refractivity contribution >= 4 is 36.7 Å². The van der Waals surface area contributed by atoms with Gasteiger partial charge in [0, 0.05) is 9.86 Å². The minimum atomic E-state index is -3.93. The lowest BCUT2D eigenvalue weighted by atomic mass is 10.1. The van der Waals surface area contributed by atoms with Crippen LogP contribution in [0.4, 0.5) is 0 Å². The van der Waals surface area contributed by atoms with Crippen LogP contribution in [0.3, 0.4) is 0 Å². The zero-order valence-corrected chi connectivity index (χ0v) is 14.9. The van der Waals surface area contributed by atoms with Crippen molar-refractivity contribution < 1.29 is 12.8 Å². The van der Waals surface area contributed by atoms with Gasteiger partial charge in [0.25, 0.3) is 0 Å². The van der Waals surface area contributed by atoms with Crippen LogP contribution in [0.25, 0.3) is 11.0 Å². The Labute approximate surface area is 141 Å². The van der Waals surface area contributed by atoms with Crippen LogP contribution >= 0.6 is 15.9 Å². The molecule has 4 nitrogen and oxygen atoms in total. The summed E-state index contributed by atoms with van der Waals surface area (Å²) in [6.07, 6.45) is 0. The highest BCUT2D eigenvalue weighted by Crippen LogP contribution is 2.25. The molecule has 0 fully saturated rings. The molecular formula is C17H13BrO4S. The van der Waals surface area contributed by atoms with Gasteiger partial charge in [0.05, 0.1) is 4.90 Å². The maximum Gasteiger partial charge on any atom is 0.355 e. The highest BCUT2D eigenvalue weighted by atomic mass is 79.9. The highest BCUT2D eigenvalue weighted by molar-refractivity contribution is 9.10. The van der Waals surface area contributed by atoms with Crippen LogP contribution in [0.1, 0.15) is 11.1 Å². The summed E-state index contributed by atoms with van der Waals surface area (Å²) in [6, 6.07) is 11.2. The van der Waals surface area contributed by atoms with E-state index in [1.807, 2.05) is 13.8 Å². The van der Waals surface area contributed by atoms with E-state index in [9.17, 15) is 13.2 Å². The van der Waals surface area contributed by atoms with E-state index < -0.39 is 15.5 Å². The van der Waals surface area contributed by atoms with Crippen LogP contribution < -0.4 is 5.63 Å². The third-order valence-electron chi connectivity index (χ3n) is 3.74. The average Bonchev–Trinajstić information content (AvgIpc) is 2.49. The van der Waals surface area contributed by atoms with Gasteiger partial charge in [-0.2, -0.15) is 0 Å². The Balaban J connectivity index is 2.27. The van der Waals surface area contributed by atoms with Crippen molar-refractivity contribution in [2.45, 2.75) is 23.6 Å². The summed E-state index contributed by atoms with van der Waals surface area (Å²) >= 11 is 3.32. The van der Waals surface area contributed by atoms with Crippen LogP contribution in [0, 0.1) is 13.8 Å². The van der Waals surface area contributed by atoms with Crippen molar-refractivity contribution in [2.24, 2.45) is 0 Å². The first-order chi connectivity index (χ1) is 10.8. The second-order valence-electron chi connectivity index (χ2n) is 5.33. The van der Waals surface area contributed by atoms with E-state index in [2.05, 4.69) is 15.9 Å². The van der Waals surface area contributed by atoms with Crippen molar-refractivity contribution in [2.75, 3.05) is 0 Å². The minimum absolute atomic E-state index is 0.0854. The molecule has 0 saturated heterocycles. The first kappa shape index (κ1) is 16.0. The zero-order chi connectivity index (χ0) is 16.8. The predicted octanol–water partition coefficient (Wildman–Crippen LogP) is 4.01. The van der Waals surface area contributed by atoms with Crippen LogP contribution in [0.5, 0.6) is 0 Å². The fourth-order valence-corrected chi connectivity index (χ4v) is 4.03. The van der Waals surface area contributed by atoms with E-state index in [4.69, 9.17) is 4.42 Å². The molecule has 1 heterocycles. The second-order valence-corrected chi connectivity index (χ2v) is 8.16. The van der Waals surface area contributed by atoms with Gasteiger partial charge in [-0.3, -0.25) is 0 Å². The van der Waals surface area contributed by atoms with Crippen molar-refractivity contribution in [1.29, 1.82) is 0 Å². The summed E-state index contributed by atoms with van der Waals surface area (Å²) < 4.78 is 31.5. The Morgan fingerprint density at radius 2 is 1.70 bits per heavy atom. The van der Waals surface area contributed by atoms with Gasteiger partial charge in [0.2, 0.25) is 9.84 Å². The number of fused-ring (bicyclic) bond motifs is 1. The summed E-state index contributed by atoms with van der Waals surface area (Å²) in [5, 5.41) is 0.543. The standard InChI is InChI=1S/C17H13BrO4S/c1-10-3-5-14(7-11(10)2)23(20,21)16-9-12-8-13(18)4-6-15(12)22-17(16)19/h3-9H,1-2H3. The average molecular weight is 393 g/mol. The number of benzene rings is 2. The fraction of sp³-hybridized carbons (Fsp3) is 0.118. The Morgan fingerprint density at radius 3 is 2.39 bits per heavy atom. The molecule has 1 aromatic heterocycles. The van der Waals surface area contributed by atoms with Crippen LogP contribution in [0.15, 0.2) is 65.9 Å². The number of hydrogen-bond acceptors (Lipinski definition) is 4. The fourth-order valence-electron chi connectivity index (χ4n) is 2.27. The third-order valence-corrected chi connectivity index (χ3v) is 5.97. The minimum Gasteiger partial charge on any atom is -0.422 e. The molecule has 2 aromatic carbocycles. The van der Waals surface area contributed by atoms with Crippen molar-refractivity contribution in [3.05, 3.63) is 68.5 Å². The molecule has 0 spiro atoms. The highest BCUT2D eigenvalue weighted by Gasteiger charge is 2.23. The van der Waals surface area contributed by atoms with Crippen LogP contribution in [0.2, 0.25) is 0 Å². The Kier molecular flexibility index (Phi) is 3.90. The van der Waals surface area contributed by atoms with Gasteiger partial charge in [-0.25, -0.2) is 13.2 Å². The van der Waals surface area contributed by atoms with Gasteiger partial charge in [-0.1, -0.05) is 22.0 Å². The van der Waals surface area contributed by atoms with E-state index in [1.165, 1.54) is 12.1 Å². The van der Waals surface area contributed by atoms with E-state index in [0.29, 0.717) is 11.0 Å². The first-order valence-electron chi connectivity index (χ1n) is 6.85. The molecule has 23 heavy (non-hydrogen) atoms. The molecule has 118 valence electrons. The molecule has 0 aliphatic rings. The number of rotatable bonds is 2. The van der Waals surface area contributed by atoms with Gasteiger partial charge in [0.1, 0.15) is 5.58 Å². The van der Waals surface area contributed by atoms with Gasteiger partial charge in [0.15, 0.2) is 4.90 Å². The molecule has 0 unspecified atom stereocenters. The van der Waals surface area contributed by atoms with E-state index in [0.717, 1.165) is 15.6 Å². The van der Waals surface area contributed by atoms with Crippen LogP contribution in [-0.2, 0) is 9.84 Å². The van der Waals surface area contributed by atoms with Crippen molar-refractivity contribution in [1.82, 2.24) is 0 Å². The quantitative estimate of drug-likeness (QED) is 0.618. The molecule has 0 amide bonds. The largest absolute Gasteiger partial charge is 0.422 e. The van der Waals surface area contributed by atoms with Crippen molar-refractivity contribution in [3.8, 4) is 0 Å². The lowest BCUT2D eigenvalue weighted by Crippen LogP contribution is -2.14. The van der Waals surface area contributed by atoms with E-state index in [-0.39, 0.29) is 9.79 Å². The third kappa shape index (κ3) is 2.84. The maximum atomic E-state index is 12.8. The molecule has 6 heteroatoms. The molecule has 0 radical (unpaired) electrons. The Bertz CT molecular complexity index is 1080. The lowest BCUT2D eigenvalue weighted by molar-refractivity contribution is 0.532. The number of aryl methyl sites for hydroxylation is 2. The molecule has 3 rings (SSSR count). The normalized spacial score (nSPS) is 11.8. The summed E-state index contributed by atoms with van der Waals surface area (Å²) in [7, 11) is -3.93. The first-order valence-corrected chi connectivity index (χ1v) is 9.12. The number of sulfone groups is 1. The molecule has 0 saturated carbocycles.